The fraction of sp³-hybridized carbons (Fsp3) is 0.909. The molecule has 1 amide bonds. The number of rotatable bonds is 6. The summed E-state index contributed by atoms with van der Waals surface area (Å²) in [5.74, 6) is 0.250. The first kappa shape index (κ1) is 13.4. The Labute approximate surface area is 96.7 Å². The minimum Gasteiger partial charge on any atom is -0.383 e. The fourth-order valence-electron chi connectivity index (χ4n) is 1.78. The van der Waals surface area contributed by atoms with Gasteiger partial charge in [-0.25, -0.2) is 0 Å². The molecular weight excluding hydrogens is 208 g/mol. The zero-order valence-corrected chi connectivity index (χ0v) is 9.91. The highest BCUT2D eigenvalue weighted by molar-refractivity contribution is 5.78. The first-order valence-corrected chi connectivity index (χ1v) is 5.84. The Morgan fingerprint density at radius 2 is 2.25 bits per heavy atom. The molecular formula is C11H22N2O3. The molecule has 94 valence electrons. The van der Waals surface area contributed by atoms with Gasteiger partial charge in [0, 0.05) is 38.8 Å². The molecule has 3 N–H and O–H groups in total. The maximum absolute atomic E-state index is 11.7. The van der Waals surface area contributed by atoms with E-state index in [0.29, 0.717) is 26.4 Å². The van der Waals surface area contributed by atoms with Crippen molar-refractivity contribution >= 4 is 5.91 Å². The van der Waals surface area contributed by atoms with Crippen LogP contribution in [-0.4, -0.2) is 45.4 Å². The molecule has 5 nitrogen and oxygen atoms in total. The second kappa shape index (κ2) is 7.60. The molecule has 1 rings (SSSR count). The van der Waals surface area contributed by atoms with E-state index >= 15 is 0 Å². The monoisotopic (exact) mass is 230 g/mol. The minimum absolute atomic E-state index is 0.0000100. The number of nitrogens with one attached hydrogen (secondary N) is 1. The van der Waals surface area contributed by atoms with Gasteiger partial charge in [0.05, 0.1) is 6.61 Å². The van der Waals surface area contributed by atoms with E-state index in [2.05, 4.69) is 5.32 Å². The first-order chi connectivity index (χ1) is 7.74. The first-order valence-electron chi connectivity index (χ1n) is 5.84. The van der Waals surface area contributed by atoms with Gasteiger partial charge >= 0.3 is 0 Å². The third-order valence-corrected chi connectivity index (χ3v) is 2.79. The lowest BCUT2D eigenvalue weighted by Gasteiger charge is -2.21. The smallest absolute Gasteiger partial charge is 0.223 e. The zero-order chi connectivity index (χ0) is 11.8. The fourth-order valence-corrected chi connectivity index (χ4v) is 1.78. The van der Waals surface area contributed by atoms with Crippen LogP contribution in [0.3, 0.4) is 0 Å². The van der Waals surface area contributed by atoms with Gasteiger partial charge in [-0.2, -0.15) is 0 Å². The molecule has 0 spiro atoms. The second-order valence-corrected chi connectivity index (χ2v) is 4.18. The van der Waals surface area contributed by atoms with E-state index in [1.807, 2.05) is 0 Å². The molecule has 0 bridgehead atoms. The van der Waals surface area contributed by atoms with E-state index in [1.54, 1.807) is 7.11 Å². The van der Waals surface area contributed by atoms with Crippen molar-refractivity contribution in [2.75, 3.05) is 33.5 Å². The van der Waals surface area contributed by atoms with Crippen molar-refractivity contribution in [2.45, 2.75) is 25.3 Å². The average Bonchev–Trinajstić information content (AvgIpc) is 2.30. The van der Waals surface area contributed by atoms with Gasteiger partial charge in [0.15, 0.2) is 0 Å². The van der Waals surface area contributed by atoms with Crippen LogP contribution in [0.15, 0.2) is 0 Å². The molecule has 0 radical (unpaired) electrons. The van der Waals surface area contributed by atoms with Gasteiger partial charge in [-0.15, -0.1) is 0 Å². The van der Waals surface area contributed by atoms with Crippen LogP contribution in [0.1, 0.15) is 19.3 Å². The number of carbonyl (C=O) groups is 1. The van der Waals surface area contributed by atoms with Crippen LogP contribution in [0.2, 0.25) is 0 Å². The lowest BCUT2D eigenvalue weighted by molar-refractivity contribution is -0.127. The number of methoxy groups -OCH3 is 1. The van der Waals surface area contributed by atoms with Crippen molar-refractivity contribution in [1.82, 2.24) is 5.32 Å². The standard InChI is InChI=1S/C11H22N2O3/c1-15-8-10(12)2-5-13-11(14)9-3-6-16-7-4-9/h9-10H,2-8,12H2,1H3,(H,13,14). The summed E-state index contributed by atoms with van der Waals surface area (Å²) in [6.07, 6.45) is 2.41. The highest BCUT2D eigenvalue weighted by Gasteiger charge is 2.20. The molecule has 0 aromatic rings. The number of nitrogens with two attached hydrogens (primary N) is 1. The molecule has 1 heterocycles. The van der Waals surface area contributed by atoms with E-state index in [1.165, 1.54) is 0 Å². The third kappa shape index (κ3) is 4.92. The van der Waals surface area contributed by atoms with Crippen LogP contribution in [0.5, 0.6) is 0 Å². The summed E-state index contributed by atoms with van der Waals surface area (Å²) in [4.78, 5) is 11.7. The Kier molecular flexibility index (Phi) is 6.37. The van der Waals surface area contributed by atoms with Gasteiger partial charge in [-0.05, 0) is 19.3 Å². The van der Waals surface area contributed by atoms with Crippen LogP contribution in [-0.2, 0) is 14.3 Å². The van der Waals surface area contributed by atoms with Gasteiger partial charge in [0.1, 0.15) is 0 Å². The molecule has 16 heavy (non-hydrogen) atoms. The van der Waals surface area contributed by atoms with Gasteiger partial charge < -0.3 is 20.5 Å². The van der Waals surface area contributed by atoms with Crippen molar-refractivity contribution < 1.29 is 14.3 Å². The van der Waals surface area contributed by atoms with E-state index in [4.69, 9.17) is 15.2 Å². The minimum atomic E-state index is -0.0000100. The molecule has 5 heteroatoms. The van der Waals surface area contributed by atoms with Crippen molar-refractivity contribution in [3.05, 3.63) is 0 Å². The number of hydrogen-bond donors (Lipinski definition) is 2. The molecule has 0 saturated carbocycles. The Morgan fingerprint density at radius 3 is 2.88 bits per heavy atom. The molecule has 1 unspecified atom stereocenters. The molecule has 0 aromatic heterocycles. The summed E-state index contributed by atoms with van der Waals surface area (Å²) in [6, 6.07) is -0.0000100. The van der Waals surface area contributed by atoms with E-state index in [-0.39, 0.29) is 17.9 Å². The second-order valence-electron chi connectivity index (χ2n) is 4.18. The third-order valence-electron chi connectivity index (χ3n) is 2.79. The summed E-state index contributed by atoms with van der Waals surface area (Å²) < 4.78 is 10.1. The van der Waals surface area contributed by atoms with Crippen LogP contribution in [0.4, 0.5) is 0 Å². The molecule has 0 aromatic carbocycles. The maximum atomic E-state index is 11.7. The van der Waals surface area contributed by atoms with Gasteiger partial charge in [-0.1, -0.05) is 0 Å². The summed E-state index contributed by atoms with van der Waals surface area (Å²) >= 11 is 0. The van der Waals surface area contributed by atoms with Crippen molar-refractivity contribution in [1.29, 1.82) is 0 Å². The SMILES string of the molecule is COCC(N)CCNC(=O)C1CCOCC1. The predicted octanol–water partition coefficient (Wildman–Crippen LogP) is -0.107. The quantitative estimate of drug-likeness (QED) is 0.668. The number of carbonyl (C=O) groups excluding carboxylic acids is 1. The topological polar surface area (TPSA) is 73.6 Å². The van der Waals surface area contributed by atoms with E-state index < -0.39 is 0 Å². The van der Waals surface area contributed by atoms with Crippen molar-refractivity contribution in [3.63, 3.8) is 0 Å². The van der Waals surface area contributed by atoms with Crippen LogP contribution in [0, 0.1) is 5.92 Å². The van der Waals surface area contributed by atoms with Crippen LogP contribution in [0.25, 0.3) is 0 Å². The number of hydrogen-bond acceptors (Lipinski definition) is 4. The summed E-state index contributed by atoms with van der Waals surface area (Å²) in [6.45, 7) is 2.55. The molecule has 0 aliphatic carbocycles. The van der Waals surface area contributed by atoms with Gasteiger partial charge in [-0.3, -0.25) is 4.79 Å². The number of ether oxygens (including phenoxy) is 2. The summed E-state index contributed by atoms with van der Waals surface area (Å²) in [5.41, 5.74) is 5.75. The van der Waals surface area contributed by atoms with E-state index in [0.717, 1.165) is 19.3 Å². The van der Waals surface area contributed by atoms with Crippen molar-refractivity contribution in [3.8, 4) is 0 Å². The average molecular weight is 230 g/mol. The zero-order valence-electron chi connectivity index (χ0n) is 9.91. The Bertz CT molecular complexity index is 205. The normalized spacial score (nSPS) is 19.4. The lowest BCUT2D eigenvalue weighted by atomic mass is 9.99. The Balaban J connectivity index is 2.09. The lowest BCUT2D eigenvalue weighted by Crippen LogP contribution is -2.37. The molecule has 1 fully saturated rings. The summed E-state index contributed by atoms with van der Waals surface area (Å²) in [5, 5.41) is 2.91. The van der Waals surface area contributed by atoms with Crippen LogP contribution < -0.4 is 11.1 Å². The van der Waals surface area contributed by atoms with E-state index in [9.17, 15) is 4.79 Å². The molecule has 1 aliphatic rings. The molecule has 1 aliphatic heterocycles. The highest BCUT2D eigenvalue weighted by Crippen LogP contribution is 2.14. The summed E-state index contributed by atoms with van der Waals surface area (Å²) in [7, 11) is 1.63. The molecule has 1 saturated heterocycles. The maximum Gasteiger partial charge on any atom is 0.223 e. The predicted molar refractivity (Wildman–Crippen MR) is 61.0 cm³/mol. The van der Waals surface area contributed by atoms with Crippen LogP contribution >= 0.6 is 0 Å². The highest BCUT2D eigenvalue weighted by atomic mass is 16.5. The largest absolute Gasteiger partial charge is 0.383 e. The molecule has 1 atom stereocenters. The van der Waals surface area contributed by atoms with Gasteiger partial charge in [0.25, 0.3) is 0 Å². The van der Waals surface area contributed by atoms with Gasteiger partial charge in [0.2, 0.25) is 5.91 Å². The Morgan fingerprint density at radius 1 is 1.56 bits per heavy atom. The Hall–Kier alpha value is -0.650. The van der Waals surface area contributed by atoms with Crippen molar-refractivity contribution in [2.24, 2.45) is 11.7 Å². The number of amides is 1.